The van der Waals surface area contributed by atoms with Gasteiger partial charge in [0.05, 0.1) is 7.11 Å². The van der Waals surface area contributed by atoms with E-state index < -0.39 is 8.32 Å². The summed E-state index contributed by atoms with van der Waals surface area (Å²) in [5, 5.41) is 0.0951. The Bertz CT molecular complexity index is 516. The second kappa shape index (κ2) is 11.0. The number of hydrogen-bond acceptors (Lipinski definition) is 4. The van der Waals surface area contributed by atoms with Crippen LogP contribution in [0.25, 0.3) is 0 Å². The van der Waals surface area contributed by atoms with Crippen molar-refractivity contribution in [2.45, 2.75) is 64.3 Å². The highest BCUT2D eigenvalue weighted by atomic mass is 28.4. The van der Waals surface area contributed by atoms with Crippen LogP contribution in [0.15, 0.2) is 24.3 Å². The molecule has 24 heavy (non-hydrogen) atoms. The number of hydrogen-bond donors (Lipinski definition) is 0. The molecule has 4 nitrogen and oxygen atoms in total. The molecule has 0 spiro atoms. The van der Waals surface area contributed by atoms with Gasteiger partial charge in [0.1, 0.15) is 12.4 Å². The Morgan fingerprint density at radius 2 is 1.88 bits per heavy atom. The molecule has 0 saturated heterocycles. The van der Waals surface area contributed by atoms with Crippen molar-refractivity contribution in [1.29, 1.82) is 0 Å². The summed E-state index contributed by atoms with van der Waals surface area (Å²) in [5.74, 6) is 5.86. The third-order valence-electron chi connectivity index (χ3n) is 4.04. The Morgan fingerprint density at radius 1 is 1.21 bits per heavy atom. The molecule has 0 aromatic heterocycles. The van der Waals surface area contributed by atoms with Gasteiger partial charge in [-0.3, -0.25) is 9.59 Å². The quantitative estimate of drug-likeness (QED) is 0.166. The maximum Gasteiger partial charge on any atom is 0.305 e. The van der Waals surface area contributed by atoms with E-state index in [4.69, 9.17) is 4.43 Å². The maximum atomic E-state index is 11.3. The molecule has 0 aliphatic heterocycles. The number of allylic oxidation sites excluding steroid dienone is 4. The fourth-order valence-corrected chi connectivity index (χ4v) is 2.82. The molecule has 0 saturated carbocycles. The molecule has 0 aromatic rings. The monoisotopic (exact) mass is 350 g/mol. The second-order valence-electron chi connectivity index (χ2n) is 7.00. The summed E-state index contributed by atoms with van der Waals surface area (Å²) in [4.78, 5) is 21.4. The minimum absolute atomic E-state index is 0.0951. The molecule has 0 aliphatic carbocycles. The van der Waals surface area contributed by atoms with Crippen LogP contribution in [-0.2, 0) is 18.8 Å². The van der Waals surface area contributed by atoms with E-state index in [2.05, 4.69) is 50.4 Å². The molecule has 0 N–H and O–H groups in total. The number of methoxy groups -OCH3 is 1. The van der Waals surface area contributed by atoms with E-state index in [1.54, 1.807) is 18.2 Å². The van der Waals surface area contributed by atoms with Gasteiger partial charge in [-0.15, -0.1) is 0 Å². The van der Waals surface area contributed by atoms with Crippen LogP contribution in [0.2, 0.25) is 18.1 Å². The molecule has 5 heteroatoms. The fourth-order valence-electron chi connectivity index (χ4n) is 1.58. The Hall–Kier alpha value is -1.64. The van der Waals surface area contributed by atoms with Crippen LogP contribution in [0, 0.1) is 11.8 Å². The van der Waals surface area contributed by atoms with Gasteiger partial charge in [-0.1, -0.05) is 44.8 Å². The van der Waals surface area contributed by atoms with Crippen LogP contribution in [0.1, 0.15) is 40.0 Å². The van der Waals surface area contributed by atoms with Crippen LogP contribution in [0.4, 0.5) is 0 Å². The topological polar surface area (TPSA) is 52.6 Å². The summed E-state index contributed by atoms with van der Waals surface area (Å²) in [6.07, 6.45) is 8.65. The normalized spacial score (nSPS) is 13.6. The number of carbonyl (C=O) groups is 2. The smallest absolute Gasteiger partial charge is 0.305 e. The molecule has 0 aromatic carbocycles. The number of aldehydes is 1. The van der Waals surface area contributed by atoms with E-state index in [9.17, 15) is 9.59 Å². The van der Waals surface area contributed by atoms with E-state index in [0.29, 0.717) is 25.5 Å². The standard InChI is InChI=1S/C19H30O4Si/c1-19(2,3)24(5,6)23-17(14-12-15-18(21)22-4)13-10-8-7-9-11-16-20/h7-9,11,16-17H,12,14-15H2,1-6H3/t17-/m1/s1. The van der Waals surface area contributed by atoms with Crippen LogP contribution in [0.3, 0.4) is 0 Å². The maximum absolute atomic E-state index is 11.3. The third-order valence-corrected chi connectivity index (χ3v) is 8.53. The Labute approximate surface area is 147 Å². The molecule has 134 valence electrons. The van der Waals surface area contributed by atoms with Gasteiger partial charge < -0.3 is 9.16 Å². The van der Waals surface area contributed by atoms with Crippen LogP contribution in [-0.4, -0.2) is 33.8 Å². The predicted octanol–water partition coefficient (Wildman–Crippen LogP) is 4.03. The van der Waals surface area contributed by atoms with Crippen LogP contribution < -0.4 is 0 Å². The van der Waals surface area contributed by atoms with Crippen molar-refractivity contribution < 1.29 is 18.8 Å². The summed E-state index contributed by atoms with van der Waals surface area (Å²) in [6.45, 7) is 10.9. The fraction of sp³-hybridized carbons (Fsp3) is 0.579. The zero-order valence-corrected chi connectivity index (χ0v) is 16.7. The van der Waals surface area contributed by atoms with Crippen molar-refractivity contribution >= 4 is 20.6 Å². The first-order valence-corrected chi connectivity index (χ1v) is 11.1. The van der Waals surface area contributed by atoms with E-state index in [0.717, 1.165) is 0 Å². The van der Waals surface area contributed by atoms with Crippen molar-refractivity contribution in [3.05, 3.63) is 24.3 Å². The van der Waals surface area contributed by atoms with Crippen LogP contribution in [0.5, 0.6) is 0 Å². The number of ether oxygens (including phenoxy) is 1. The van der Waals surface area contributed by atoms with E-state index in [1.165, 1.54) is 13.2 Å². The van der Waals surface area contributed by atoms with Crippen molar-refractivity contribution in [3.8, 4) is 11.8 Å². The van der Waals surface area contributed by atoms with Crippen molar-refractivity contribution in [3.63, 3.8) is 0 Å². The minimum atomic E-state index is -1.94. The number of rotatable bonds is 8. The minimum Gasteiger partial charge on any atom is -0.469 e. The third kappa shape index (κ3) is 9.49. The average molecular weight is 351 g/mol. The summed E-state index contributed by atoms with van der Waals surface area (Å²) in [6, 6.07) is 0. The first kappa shape index (κ1) is 22.4. The molecule has 0 amide bonds. The van der Waals surface area contributed by atoms with E-state index in [-0.39, 0.29) is 17.1 Å². The van der Waals surface area contributed by atoms with Crippen molar-refractivity contribution in [2.75, 3.05) is 7.11 Å². The molecule has 0 aliphatic rings. The van der Waals surface area contributed by atoms with Crippen LogP contribution >= 0.6 is 0 Å². The SMILES string of the molecule is COC(=O)CCC[C@@H](C#CC=CC=CC=O)O[Si](C)(C)C(C)(C)C. The first-order chi connectivity index (χ1) is 11.1. The number of esters is 1. The summed E-state index contributed by atoms with van der Waals surface area (Å²) in [7, 11) is -0.545. The lowest BCUT2D eigenvalue weighted by atomic mass is 10.1. The summed E-state index contributed by atoms with van der Waals surface area (Å²) in [5.41, 5.74) is 0. The molecule has 0 radical (unpaired) electrons. The Balaban J connectivity index is 4.92. The Morgan fingerprint density at radius 3 is 2.42 bits per heavy atom. The van der Waals surface area contributed by atoms with Crippen molar-refractivity contribution in [2.24, 2.45) is 0 Å². The lowest BCUT2D eigenvalue weighted by Gasteiger charge is -2.38. The van der Waals surface area contributed by atoms with Crippen molar-refractivity contribution in [1.82, 2.24) is 0 Å². The van der Waals surface area contributed by atoms with Gasteiger partial charge >= 0.3 is 5.97 Å². The van der Waals surface area contributed by atoms with Gasteiger partial charge in [-0.2, -0.15) is 0 Å². The van der Waals surface area contributed by atoms with Gasteiger partial charge in [-0.05, 0) is 43.1 Å². The summed E-state index contributed by atoms with van der Waals surface area (Å²) < 4.78 is 11.0. The lowest BCUT2D eigenvalue weighted by molar-refractivity contribution is -0.140. The highest BCUT2D eigenvalue weighted by Crippen LogP contribution is 2.37. The molecule has 0 bridgehead atoms. The van der Waals surface area contributed by atoms with Gasteiger partial charge in [0.2, 0.25) is 0 Å². The van der Waals surface area contributed by atoms with Gasteiger partial charge in [0.15, 0.2) is 8.32 Å². The molecular formula is C19H30O4Si. The molecular weight excluding hydrogens is 320 g/mol. The lowest BCUT2D eigenvalue weighted by Crippen LogP contribution is -2.43. The summed E-state index contributed by atoms with van der Waals surface area (Å²) >= 11 is 0. The molecule has 0 rings (SSSR count). The molecule has 0 heterocycles. The van der Waals surface area contributed by atoms with E-state index >= 15 is 0 Å². The van der Waals surface area contributed by atoms with E-state index in [1.807, 2.05) is 0 Å². The largest absolute Gasteiger partial charge is 0.469 e. The molecule has 1 atom stereocenters. The predicted molar refractivity (Wildman–Crippen MR) is 100 cm³/mol. The Kier molecular flexibility index (Phi) is 10.3. The number of carbonyl (C=O) groups excluding carboxylic acids is 2. The highest BCUT2D eigenvalue weighted by Gasteiger charge is 2.38. The second-order valence-corrected chi connectivity index (χ2v) is 11.8. The first-order valence-electron chi connectivity index (χ1n) is 8.16. The van der Waals surface area contributed by atoms with Gasteiger partial charge in [0.25, 0.3) is 0 Å². The zero-order chi connectivity index (χ0) is 18.6. The highest BCUT2D eigenvalue weighted by molar-refractivity contribution is 6.74. The average Bonchev–Trinajstić information content (AvgIpc) is 2.48. The molecule has 0 fully saturated rings. The zero-order valence-electron chi connectivity index (χ0n) is 15.7. The van der Waals surface area contributed by atoms with Gasteiger partial charge in [-0.25, -0.2) is 0 Å². The van der Waals surface area contributed by atoms with Gasteiger partial charge in [0, 0.05) is 6.42 Å². The molecule has 0 unspecified atom stereocenters.